The molecule has 0 heterocycles. The van der Waals surface area contributed by atoms with Crippen molar-refractivity contribution in [3.63, 3.8) is 0 Å². The number of aliphatic carboxylic acids is 1. The summed E-state index contributed by atoms with van der Waals surface area (Å²) in [7, 11) is -0.177. The Kier molecular flexibility index (Phi) is 8.18. The molecule has 0 saturated heterocycles. The van der Waals surface area contributed by atoms with Crippen LogP contribution in [-0.4, -0.2) is 61.9 Å². The summed E-state index contributed by atoms with van der Waals surface area (Å²) in [5.41, 5.74) is 2.71. The average molecular weight is 429 g/mol. The van der Waals surface area contributed by atoms with E-state index in [1.54, 1.807) is 12.1 Å². The van der Waals surface area contributed by atoms with Crippen molar-refractivity contribution in [2.45, 2.75) is 31.2 Å². The Bertz CT molecular complexity index is 1020. The highest BCUT2D eigenvalue weighted by Crippen LogP contribution is 2.20. The second-order valence-electron chi connectivity index (χ2n) is 7.43. The molecule has 0 unspecified atom stereocenters. The van der Waals surface area contributed by atoms with Crippen molar-refractivity contribution in [3.05, 3.63) is 65.2 Å². The molecular formula is C23H28N2O4S. The number of benzene rings is 2. The van der Waals surface area contributed by atoms with Crippen LogP contribution in [0, 0.1) is 18.8 Å². The fourth-order valence-corrected chi connectivity index (χ4v) is 4.44. The molecule has 0 aromatic heterocycles. The largest absolute Gasteiger partial charge is 0.480 e. The number of rotatable bonds is 8. The van der Waals surface area contributed by atoms with Gasteiger partial charge in [0.25, 0.3) is 0 Å². The van der Waals surface area contributed by atoms with Gasteiger partial charge in [-0.25, -0.2) is 8.42 Å². The van der Waals surface area contributed by atoms with E-state index in [0.29, 0.717) is 18.5 Å². The number of aryl methyl sites for hydroxylation is 1. The van der Waals surface area contributed by atoms with Crippen molar-refractivity contribution in [3.8, 4) is 11.8 Å². The maximum absolute atomic E-state index is 13.1. The molecule has 0 spiro atoms. The second kappa shape index (κ2) is 10.4. The van der Waals surface area contributed by atoms with Gasteiger partial charge in [0.05, 0.1) is 4.90 Å². The number of hydrogen-bond donors (Lipinski definition) is 1. The van der Waals surface area contributed by atoms with Gasteiger partial charge in [-0.15, -0.1) is 0 Å². The first-order valence-corrected chi connectivity index (χ1v) is 11.1. The van der Waals surface area contributed by atoms with Gasteiger partial charge in [0, 0.05) is 17.7 Å². The number of carboxylic acids is 1. The molecule has 0 aliphatic carbocycles. The van der Waals surface area contributed by atoms with Crippen LogP contribution < -0.4 is 0 Å². The van der Waals surface area contributed by atoms with E-state index >= 15 is 0 Å². The second-order valence-corrected chi connectivity index (χ2v) is 9.32. The van der Waals surface area contributed by atoms with Gasteiger partial charge in [-0.2, -0.15) is 4.31 Å². The third kappa shape index (κ3) is 6.42. The zero-order valence-corrected chi connectivity index (χ0v) is 18.6. The SMILES string of the molecule is Cc1ccc(C#Cc2ccc(S(=O)(=O)N(CCCN(C)C)[C@H](C)C(=O)O)cc2)cc1. The lowest BCUT2D eigenvalue weighted by atomic mass is 10.1. The molecule has 2 aromatic carbocycles. The molecule has 2 rings (SSSR count). The number of nitrogens with zero attached hydrogens (tertiary/aromatic N) is 2. The maximum Gasteiger partial charge on any atom is 0.321 e. The van der Waals surface area contributed by atoms with E-state index in [9.17, 15) is 18.3 Å². The Hall–Kier alpha value is -2.66. The Labute approximate surface area is 179 Å². The molecule has 7 heteroatoms. The standard InChI is InChI=1S/C23H28N2O4S/c1-18-6-8-20(9-7-18)10-11-21-12-14-22(15-13-21)30(28,29)25(19(2)23(26)27)17-5-16-24(3)4/h6-9,12-15,19H,5,16-17H2,1-4H3,(H,26,27)/t19-/m1/s1. The van der Waals surface area contributed by atoms with E-state index in [1.165, 1.54) is 19.1 Å². The molecule has 0 aliphatic rings. The topological polar surface area (TPSA) is 77.9 Å². The minimum Gasteiger partial charge on any atom is -0.480 e. The summed E-state index contributed by atoms with van der Waals surface area (Å²) in [6.07, 6.45) is 0.532. The quantitative estimate of drug-likeness (QED) is 0.654. The third-order valence-corrected chi connectivity index (χ3v) is 6.62. The lowest BCUT2D eigenvalue weighted by Gasteiger charge is -2.26. The minimum absolute atomic E-state index is 0.0568. The van der Waals surface area contributed by atoms with Crippen LogP contribution in [0.5, 0.6) is 0 Å². The van der Waals surface area contributed by atoms with E-state index in [2.05, 4.69) is 11.8 Å². The molecule has 0 amide bonds. The van der Waals surface area contributed by atoms with Gasteiger partial charge in [0.2, 0.25) is 10.0 Å². The highest BCUT2D eigenvalue weighted by atomic mass is 32.2. The summed E-state index contributed by atoms with van der Waals surface area (Å²) >= 11 is 0. The third-order valence-electron chi connectivity index (χ3n) is 4.64. The Morgan fingerprint density at radius 1 is 0.967 bits per heavy atom. The lowest BCUT2D eigenvalue weighted by Crippen LogP contribution is -2.44. The number of hydrogen-bond acceptors (Lipinski definition) is 4. The molecule has 2 aromatic rings. The van der Waals surface area contributed by atoms with Crippen molar-refractivity contribution in [2.75, 3.05) is 27.2 Å². The van der Waals surface area contributed by atoms with E-state index in [0.717, 1.165) is 15.4 Å². The van der Waals surface area contributed by atoms with Crippen LogP contribution in [0.3, 0.4) is 0 Å². The Balaban J connectivity index is 2.24. The van der Waals surface area contributed by atoms with Crippen molar-refractivity contribution in [1.82, 2.24) is 9.21 Å². The fourth-order valence-electron chi connectivity index (χ4n) is 2.81. The predicted molar refractivity (Wildman–Crippen MR) is 118 cm³/mol. The molecule has 30 heavy (non-hydrogen) atoms. The van der Waals surface area contributed by atoms with Crippen molar-refractivity contribution >= 4 is 16.0 Å². The summed E-state index contributed by atoms with van der Waals surface area (Å²) in [4.78, 5) is 13.5. The molecule has 6 nitrogen and oxygen atoms in total. The van der Waals surface area contributed by atoms with Crippen molar-refractivity contribution < 1.29 is 18.3 Å². The summed E-state index contributed by atoms with van der Waals surface area (Å²) in [6.45, 7) is 4.18. The minimum atomic E-state index is -3.95. The monoisotopic (exact) mass is 428 g/mol. The molecular weight excluding hydrogens is 400 g/mol. The Morgan fingerprint density at radius 3 is 1.93 bits per heavy atom. The van der Waals surface area contributed by atoms with Crippen molar-refractivity contribution in [1.29, 1.82) is 0 Å². The average Bonchev–Trinajstić information content (AvgIpc) is 2.70. The van der Waals surface area contributed by atoms with Crippen molar-refractivity contribution in [2.24, 2.45) is 0 Å². The zero-order chi connectivity index (χ0) is 22.3. The van der Waals surface area contributed by atoms with E-state index in [1.807, 2.05) is 50.2 Å². The summed E-state index contributed by atoms with van der Waals surface area (Å²) < 4.78 is 27.2. The molecule has 0 aliphatic heterocycles. The molecule has 160 valence electrons. The van der Waals surface area contributed by atoms with Crippen LogP contribution in [0.25, 0.3) is 0 Å². The first-order chi connectivity index (χ1) is 14.1. The van der Waals surface area contributed by atoms with E-state index in [-0.39, 0.29) is 11.4 Å². The Morgan fingerprint density at radius 2 is 1.47 bits per heavy atom. The van der Waals surface area contributed by atoms with Gasteiger partial charge >= 0.3 is 5.97 Å². The van der Waals surface area contributed by atoms with Gasteiger partial charge in [-0.1, -0.05) is 29.5 Å². The highest BCUT2D eigenvalue weighted by molar-refractivity contribution is 7.89. The predicted octanol–water partition coefficient (Wildman–Crippen LogP) is 2.81. The summed E-state index contributed by atoms with van der Waals surface area (Å²) in [6, 6.07) is 12.9. The van der Waals surface area contributed by atoms with E-state index < -0.39 is 22.0 Å². The first-order valence-electron chi connectivity index (χ1n) is 9.69. The van der Waals surface area contributed by atoms with Crippen LogP contribution in [0.1, 0.15) is 30.0 Å². The van der Waals surface area contributed by atoms with Crippen LogP contribution in [0.15, 0.2) is 53.4 Å². The lowest BCUT2D eigenvalue weighted by molar-refractivity contribution is -0.140. The number of sulfonamides is 1. The zero-order valence-electron chi connectivity index (χ0n) is 17.8. The maximum atomic E-state index is 13.1. The van der Waals surface area contributed by atoms with Gasteiger partial charge in [0.1, 0.15) is 6.04 Å². The molecule has 1 N–H and O–H groups in total. The van der Waals surface area contributed by atoms with Crippen LogP contribution in [0.4, 0.5) is 0 Å². The molecule has 1 atom stereocenters. The van der Waals surface area contributed by atoms with Gasteiger partial charge in [0.15, 0.2) is 0 Å². The molecule has 0 bridgehead atoms. The molecule has 0 radical (unpaired) electrons. The summed E-state index contributed by atoms with van der Waals surface area (Å²) in [5.74, 6) is 4.89. The van der Waals surface area contributed by atoms with Crippen LogP contribution >= 0.6 is 0 Å². The number of carbonyl (C=O) groups is 1. The van der Waals surface area contributed by atoms with Crippen LogP contribution in [-0.2, 0) is 14.8 Å². The normalized spacial score (nSPS) is 12.5. The van der Waals surface area contributed by atoms with Crippen LogP contribution in [0.2, 0.25) is 0 Å². The van der Waals surface area contributed by atoms with Gasteiger partial charge in [-0.3, -0.25) is 4.79 Å². The smallest absolute Gasteiger partial charge is 0.321 e. The van der Waals surface area contributed by atoms with E-state index in [4.69, 9.17) is 0 Å². The van der Waals surface area contributed by atoms with Gasteiger partial charge < -0.3 is 10.0 Å². The molecule has 0 saturated carbocycles. The molecule has 0 fully saturated rings. The number of carboxylic acid groups (broad SMARTS) is 1. The first kappa shape index (κ1) is 23.6. The van der Waals surface area contributed by atoms with Gasteiger partial charge in [-0.05, 0) is 77.3 Å². The highest BCUT2D eigenvalue weighted by Gasteiger charge is 2.32. The fraction of sp³-hybridized carbons (Fsp3) is 0.348. The summed E-state index contributed by atoms with van der Waals surface area (Å²) in [5, 5.41) is 9.38.